The molecule has 1 fully saturated rings. The number of hydrogen-bond acceptors (Lipinski definition) is 5. The maximum atomic E-state index is 11.3. The summed E-state index contributed by atoms with van der Waals surface area (Å²) in [7, 11) is 1.90. The first-order valence-electron chi connectivity index (χ1n) is 8.74. The molecule has 130 valence electrons. The Morgan fingerprint density at radius 3 is 2.80 bits per heavy atom. The molecule has 1 aliphatic rings. The van der Waals surface area contributed by atoms with Crippen LogP contribution in [0.1, 0.15) is 30.3 Å². The van der Waals surface area contributed by atoms with Gasteiger partial charge in [-0.1, -0.05) is 31.2 Å². The lowest BCUT2D eigenvalue weighted by Gasteiger charge is -2.26. The highest BCUT2D eigenvalue weighted by atomic mass is 16.3. The lowest BCUT2D eigenvalue weighted by Crippen LogP contribution is -2.32. The molecule has 0 unspecified atom stereocenters. The Labute approximate surface area is 147 Å². The minimum atomic E-state index is -0.850. The molecular formula is C19H23N5O. The summed E-state index contributed by atoms with van der Waals surface area (Å²) in [5.41, 5.74) is 2.12. The monoisotopic (exact) mass is 337 g/mol. The minimum Gasteiger partial charge on any atom is -0.383 e. The predicted molar refractivity (Wildman–Crippen MR) is 97.6 cm³/mol. The van der Waals surface area contributed by atoms with E-state index in [1.165, 1.54) is 0 Å². The Balaban J connectivity index is 1.75. The molecular weight excluding hydrogens is 314 g/mol. The van der Waals surface area contributed by atoms with Crippen LogP contribution >= 0.6 is 0 Å². The number of β-amino-alcohol motifs (C(OH)–C–C–N with tert-alkyl or cyclic N) is 1. The third-order valence-electron chi connectivity index (χ3n) is 5.13. The Kier molecular flexibility index (Phi) is 3.72. The summed E-state index contributed by atoms with van der Waals surface area (Å²) in [6.45, 7) is 5.39. The molecule has 1 N–H and O–H groups in total. The van der Waals surface area contributed by atoms with E-state index in [2.05, 4.69) is 34.9 Å². The zero-order valence-corrected chi connectivity index (χ0v) is 14.9. The summed E-state index contributed by atoms with van der Waals surface area (Å²) in [6.07, 6.45) is 3.27. The van der Waals surface area contributed by atoms with E-state index in [1.807, 2.05) is 31.4 Å². The van der Waals surface area contributed by atoms with Crippen molar-refractivity contribution in [2.24, 2.45) is 7.05 Å². The summed E-state index contributed by atoms with van der Waals surface area (Å²) in [6, 6.07) is 8.07. The van der Waals surface area contributed by atoms with Gasteiger partial charge in [0.2, 0.25) is 0 Å². The van der Waals surface area contributed by atoms with Gasteiger partial charge in [-0.25, -0.2) is 9.97 Å². The summed E-state index contributed by atoms with van der Waals surface area (Å²) < 4.78 is 1.78. The lowest BCUT2D eigenvalue weighted by atomic mass is 9.89. The SMILES string of the molecule is CCc1nc(N2CC[C@](O)(c3ccccc3C)C2)c2cnn(C)c2n1. The molecule has 6 heteroatoms. The van der Waals surface area contributed by atoms with Crippen LogP contribution in [-0.4, -0.2) is 37.9 Å². The van der Waals surface area contributed by atoms with Gasteiger partial charge in [-0.05, 0) is 24.5 Å². The highest BCUT2D eigenvalue weighted by Gasteiger charge is 2.39. The molecule has 2 aromatic heterocycles. The molecule has 0 radical (unpaired) electrons. The van der Waals surface area contributed by atoms with E-state index in [9.17, 15) is 5.11 Å². The first kappa shape index (κ1) is 16.0. The van der Waals surface area contributed by atoms with Gasteiger partial charge >= 0.3 is 0 Å². The average molecular weight is 337 g/mol. The number of anilines is 1. The minimum absolute atomic E-state index is 0.530. The van der Waals surface area contributed by atoms with Gasteiger partial charge in [0.1, 0.15) is 17.2 Å². The van der Waals surface area contributed by atoms with Crippen LogP contribution in [0.2, 0.25) is 0 Å². The van der Waals surface area contributed by atoms with Gasteiger partial charge < -0.3 is 10.0 Å². The zero-order valence-electron chi connectivity index (χ0n) is 14.9. The van der Waals surface area contributed by atoms with E-state index in [0.29, 0.717) is 13.0 Å². The van der Waals surface area contributed by atoms with Crippen molar-refractivity contribution in [3.05, 3.63) is 47.4 Å². The van der Waals surface area contributed by atoms with E-state index in [-0.39, 0.29) is 0 Å². The van der Waals surface area contributed by atoms with Crippen molar-refractivity contribution in [1.82, 2.24) is 19.7 Å². The second kappa shape index (κ2) is 5.81. The van der Waals surface area contributed by atoms with Crippen molar-refractivity contribution in [3.8, 4) is 0 Å². The summed E-state index contributed by atoms with van der Waals surface area (Å²) in [5, 5.41) is 16.5. The molecule has 4 rings (SSSR count). The van der Waals surface area contributed by atoms with Crippen LogP contribution < -0.4 is 4.90 Å². The van der Waals surface area contributed by atoms with E-state index >= 15 is 0 Å². The highest BCUT2D eigenvalue weighted by molar-refractivity contribution is 5.87. The highest BCUT2D eigenvalue weighted by Crippen LogP contribution is 2.37. The van der Waals surface area contributed by atoms with Gasteiger partial charge in [0.15, 0.2) is 5.65 Å². The maximum Gasteiger partial charge on any atom is 0.163 e. The number of rotatable bonds is 3. The Hall–Kier alpha value is -2.47. The van der Waals surface area contributed by atoms with E-state index in [4.69, 9.17) is 4.98 Å². The standard InChI is InChI=1S/C19H23N5O/c1-4-16-21-17-14(11-20-23(17)3)18(22-16)24-10-9-19(25,12-24)15-8-6-5-7-13(15)2/h5-8,11,25H,4,9-10,12H2,1-3H3/t19-/m1/s1. The molecule has 1 atom stereocenters. The Morgan fingerprint density at radius 1 is 1.24 bits per heavy atom. The number of aliphatic hydroxyl groups is 1. The molecule has 6 nitrogen and oxygen atoms in total. The summed E-state index contributed by atoms with van der Waals surface area (Å²) in [4.78, 5) is 11.5. The van der Waals surface area contributed by atoms with Crippen molar-refractivity contribution >= 4 is 16.9 Å². The van der Waals surface area contributed by atoms with Crippen molar-refractivity contribution in [1.29, 1.82) is 0 Å². The van der Waals surface area contributed by atoms with E-state index < -0.39 is 5.60 Å². The number of nitrogens with zero attached hydrogens (tertiary/aromatic N) is 5. The molecule has 3 aromatic rings. The van der Waals surface area contributed by atoms with Crippen molar-refractivity contribution in [2.45, 2.75) is 32.3 Å². The first-order chi connectivity index (χ1) is 12.0. The van der Waals surface area contributed by atoms with Gasteiger partial charge in [-0.15, -0.1) is 0 Å². The molecule has 3 heterocycles. The summed E-state index contributed by atoms with van der Waals surface area (Å²) >= 11 is 0. The number of aryl methyl sites for hydroxylation is 3. The Morgan fingerprint density at radius 2 is 2.04 bits per heavy atom. The van der Waals surface area contributed by atoms with Crippen molar-refractivity contribution in [2.75, 3.05) is 18.0 Å². The quantitative estimate of drug-likeness (QED) is 0.794. The summed E-state index contributed by atoms with van der Waals surface area (Å²) in [5.74, 6) is 1.68. The third kappa shape index (κ3) is 2.57. The fraction of sp³-hybridized carbons (Fsp3) is 0.421. The topological polar surface area (TPSA) is 67.1 Å². The molecule has 0 spiro atoms. The van der Waals surface area contributed by atoms with Crippen LogP contribution in [0.15, 0.2) is 30.5 Å². The van der Waals surface area contributed by atoms with Crippen LogP contribution in [0.25, 0.3) is 11.0 Å². The van der Waals surface area contributed by atoms with Crippen LogP contribution in [0.5, 0.6) is 0 Å². The van der Waals surface area contributed by atoms with Gasteiger partial charge in [-0.3, -0.25) is 4.68 Å². The Bertz CT molecular complexity index is 935. The normalized spacial score (nSPS) is 20.6. The second-order valence-corrected chi connectivity index (χ2v) is 6.84. The molecule has 0 saturated carbocycles. The third-order valence-corrected chi connectivity index (χ3v) is 5.13. The molecule has 1 saturated heterocycles. The molecule has 0 aliphatic carbocycles. The van der Waals surface area contributed by atoms with Gasteiger partial charge in [0.05, 0.1) is 18.1 Å². The number of hydrogen-bond donors (Lipinski definition) is 1. The molecule has 1 aromatic carbocycles. The molecule has 0 bridgehead atoms. The maximum absolute atomic E-state index is 11.3. The lowest BCUT2D eigenvalue weighted by molar-refractivity contribution is 0.0600. The zero-order chi connectivity index (χ0) is 17.6. The van der Waals surface area contributed by atoms with Gasteiger partial charge in [0, 0.05) is 20.0 Å². The second-order valence-electron chi connectivity index (χ2n) is 6.84. The van der Waals surface area contributed by atoms with Crippen LogP contribution in [0.3, 0.4) is 0 Å². The van der Waals surface area contributed by atoms with Gasteiger partial charge in [0.25, 0.3) is 0 Å². The molecule has 1 aliphatic heterocycles. The number of aromatic nitrogens is 4. The molecule has 0 amide bonds. The van der Waals surface area contributed by atoms with Crippen LogP contribution in [-0.2, 0) is 19.1 Å². The fourth-order valence-corrected chi connectivity index (χ4v) is 3.74. The smallest absolute Gasteiger partial charge is 0.163 e. The van der Waals surface area contributed by atoms with E-state index in [0.717, 1.165) is 46.8 Å². The van der Waals surface area contributed by atoms with E-state index in [1.54, 1.807) is 4.68 Å². The molecule has 25 heavy (non-hydrogen) atoms. The van der Waals surface area contributed by atoms with Crippen LogP contribution in [0.4, 0.5) is 5.82 Å². The predicted octanol–water partition coefficient (Wildman–Crippen LogP) is 2.33. The van der Waals surface area contributed by atoms with Crippen LogP contribution in [0, 0.1) is 6.92 Å². The van der Waals surface area contributed by atoms with Crippen molar-refractivity contribution < 1.29 is 5.11 Å². The first-order valence-corrected chi connectivity index (χ1v) is 8.74. The van der Waals surface area contributed by atoms with Crippen molar-refractivity contribution in [3.63, 3.8) is 0 Å². The fourth-order valence-electron chi connectivity index (χ4n) is 3.74. The largest absolute Gasteiger partial charge is 0.383 e. The van der Waals surface area contributed by atoms with Gasteiger partial charge in [-0.2, -0.15) is 5.10 Å². The number of fused-ring (bicyclic) bond motifs is 1. The number of benzene rings is 1. The average Bonchev–Trinajstić information content (AvgIpc) is 3.19.